The molecule has 0 aliphatic carbocycles. The van der Waals surface area contributed by atoms with Crippen molar-refractivity contribution in [1.29, 1.82) is 10.5 Å². The largest absolute Gasteiger partial charge is 2.00 e. The van der Waals surface area contributed by atoms with E-state index in [1.807, 2.05) is 29.7 Å². The van der Waals surface area contributed by atoms with E-state index in [1.165, 1.54) is 11.8 Å². The summed E-state index contributed by atoms with van der Waals surface area (Å²) in [5.41, 5.74) is 9.42. The molecule has 0 amide bonds. The maximum absolute atomic E-state index is 10.8. The molecule has 0 radical (unpaired) electrons. The number of nitrogens with two attached hydrogens (primary N) is 1. The van der Waals surface area contributed by atoms with Gasteiger partial charge in [-0.05, 0) is 46.4 Å². The van der Waals surface area contributed by atoms with Gasteiger partial charge in [-0.1, -0.05) is 47.3 Å². The fourth-order valence-electron chi connectivity index (χ4n) is 3.69. The molecule has 2 aromatic carbocycles. The SMILES string of the molecule is N#CC1=C(N)[N-]C(SCC2=CSC(c3ccc(Cl)cc3)[N-]2)C(C#N)=C1c1ccc(OCCOP(=O)(O)O)cc1.[Ca+2]. The molecule has 4 rings (SSSR count). The van der Waals surface area contributed by atoms with Crippen molar-refractivity contribution >= 4 is 86.3 Å². The van der Waals surface area contributed by atoms with Gasteiger partial charge < -0.3 is 30.9 Å². The second-order valence-corrected chi connectivity index (χ2v) is 11.7. The van der Waals surface area contributed by atoms with E-state index < -0.39 is 13.2 Å². The molecule has 15 heteroatoms. The van der Waals surface area contributed by atoms with Crippen LogP contribution in [0.4, 0.5) is 0 Å². The zero-order chi connectivity index (χ0) is 28.0. The maximum atomic E-state index is 10.8. The van der Waals surface area contributed by atoms with E-state index in [4.69, 9.17) is 37.2 Å². The first-order valence-corrected chi connectivity index (χ1v) is 15.2. The average molecular weight is 642 g/mol. The van der Waals surface area contributed by atoms with Gasteiger partial charge in [0.1, 0.15) is 12.4 Å². The molecule has 40 heavy (non-hydrogen) atoms. The molecule has 0 saturated heterocycles. The average Bonchev–Trinajstić information content (AvgIpc) is 3.39. The van der Waals surface area contributed by atoms with Crippen LogP contribution in [0.1, 0.15) is 16.5 Å². The van der Waals surface area contributed by atoms with Crippen molar-refractivity contribution in [2.45, 2.75) is 10.7 Å². The van der Waals surface area contributed by atoms with E-state index in [0.29, 0.717) is 33.2 Å². The Kier molecular flexibility index (Phi) is 12.2. The number of nitrogens with zero attached hydrogens (tertiary/aromatic N) is 4. The first kappa shape index (κ1) is 32.7. The third-order valence-corrected chi connectivity index (χ3v) is 8.36. The van der Waals surface area contributed by atoms with Crippen LogP contribution in [0, 0.1) is 22.7 Å². The number of thioether (sulfide) groups is 2. The predicted molar refractivity (Wildman–Crippen MR) is 158 cm³/mol. The van der Waals surface area contributed by atoms with Crippen molar-refractivity contribution in [2.75, 3.05) is 19.0 Å². The molecule has 2 aliphatic heterocycles. The first-order chi connectivity index (χ1) is 18.7. The topological polar surface area (TPSA) is 178 Å². The molecule has 2 aliphatic rings. The summed E-state index contributed by atoms with van der Waals surface area (Å²) in [7, 11) is -4.57. The minimum Gasteiger partial charge on any atom is -0.672 e. The Morgan fingerprint density at radius 1 is 1.07 bits per heavy atom. The van der Waals surface area contributed by atoms with Gasteiger partial charge in [-0.2, -0.15) is 22.3 Å². The second kappa shape index (κ2) is 14.9. The predicted octanol–water partition coefficient (Wildman–Crippen LogP) is 5.53. The van der Waals surface area contributed by atoms with Gasteiger partial charge in [-0.25, -0.2) is 4.57 Å². The summed E-state index contributed by atoms with van der Waals surface area (Å²) in [6.45, 7) is -0.377. The van der Waals surface area contributed by atoms with E-state index in [1.54, 1.807) is 36.0 Å². The molecule has 2 aromatic rings. The number of allylic oxidation sites excluding steroid dienone is 2. The van der Waals surface area contributed by atoms with Gasteiger partial charge in [-0.15, -0.1) is 17.5 Å². The molecule has 202 valence electrons. The van der Waals surface area contributed by atoms with Crippen molar-refractivity contribution in [3.8, 4) is 17.9 Å². The van der Waals surface area contributed by atoms with E-state index in [0.717, 1.165) is 11.3 Å². The minimum absolute atomic E-state index is 0. The summed E-state index contributed by atoms with van der Waals surface area (Å²) in [5.74, 6) is 0.948. The normalized spacial score (nSPS) is 18.6. The number of ether oxygens (including phenoxy) is 1. The van der Waals surface area contributed by atoms with Gasteiger partial charge in [0, 0.05) is 16.0 Å². The van der Waals surface area contributed by atoms with E-state index in [2.05, 4.69) is 22.0 Å². The zero-order valence-corrected chi connectivity index (χ0v) is 26.3. The van der Waals surface area contributed by atoms with Crippen LogP contribution >= 0.6 is 42.9 Å². The third kappa shape index (κ3) is 8.60. The Morgan fingerprint density at radius 2 is 1.77 bits per heavy atom. The molecular weight excluding hydrogens is 621 g/mol. The van der Waals surface area contributed by atoms with Crippen LogP contribution in [-0.4, -0.2) is 71.9 Å². The number of hydrogen-bond acceptors (Lipinski definition) is 8. The number of benzene rings is 2. The van der Waals surface area contributed by atoms with Gasteiger partial charge in [0.2, 0.25) is 0 Å². The Hall–Kier alpha value is -1.80. The van der Waals surface area contributed by atoms with Crippen LogP contribution in [0.3, 0.4) is 0 Å². The third-order valence-electron chi connectivity index (χ3n) is 5.43. The Bertz CT molecular complexity index is 1450. The van der Waals surface area contributed by atoms with Gasteiger partial charge in [0.25, 0.3) is 0 Å². The summed E-state index contributed by atoms with van der Waals surface area (Å²) >= 11 is 8.96. The fraction of sp³-hybridized carbons (Fsp3) is 0.200. The minimum atomic E-state index is -4.57. The summed E-state index contributed by atoms with van der Waals surface area (Å²) in [4.78, 5) is 17.5. The molecule has 4 N–H and O–H groups in total. The Balaban J connectivity index is 0.00000441. The molecule has 2 unspecified atom stereocenters. The molecule has 10 nitrogen and oxygen atoms in total. The molecule has 0 fully saturated rings. The van der Waals surface area contributed by atoms with Crippen LogP contribution in [0.5, 0.6) is 5.75 Å². The number of phosphoric ester groups is 1. The standard InChI is InChI=1S/C25H21ClN5O5PS2.Ca/c26-17-5-1-16(2-6-17)24-30-18(13-38-24)14-39-25-21(12-28)22(20(11-27)23(29)31-25)15-3-7-19(8-4-15)35-9-10-36-37(32,33)34;/h1-8,13,24-25H,9-10,14,29H2,(H2,32,33,34);/q-2;+2. The van der Waals surface area contributed by atoms with Crippen LogP contribution < -0.4 is 10.5 Å². The van der Waals surface area contributed by atoms with E-state index in [9.17, 15) is 15.1 Å². The first-order valence-electron chi connectivity index (χ1n) is 11.3. The summed E-state index contributed by atoms with van der Waals surface area (Å²) in [6, 6.07) is 18.4. The number of phosphoric acid groups is 1. The van der Waals surface area contributed by atoms with Crippen molar-refractivity contribution in [1.82, 2.24) is 0 Å². The summed E-state index contributed by atoms with van der Waals surface area (Å²) < 4.78 is 20.6. The number of rotatable bonds is 10. The molecular formula is C25H21CaClN5O5PS2. The van der Waals surface area contributed by atoms with Gasteiger partial charge >= 0.3 is 45.6 Å². The fourth-order valence-corrected chi connectivity index (χ4v) is 6.19. The molecule has 2 heterocycles. The smallest absolute Gasteiger partial charge is 0.672 e. The second-order valence-electron chi connectivity index (χ2n) is 8.04. The van der Waals surface area contributed by atoms with Crippen LogP contribution in [-0.2, 0) is 9.09 Å². The number of hydrogen-bond donors (Lipinski definition) is 3. The van der Waals surface area contributed by atoms with Crippen molar-refractivity contribution < 1.29 is 23.6 Å². The number of nitriles is 2. The van der Waals surface area contributed by atoms with Gasteiger partial charge in [0.15, 0.2) is 0 Å². The van der Waals surface area contributed by atoms with Gasteiger partial charge in [0.05, 0.1) is 29.9 Å². The Morgan fingerprint density at radius 3 is 2.40 bits per heavy atom. The van der Waals surface area contributed by atoms with Crippen LogP contribution in [0.2, 0.25) is 5.02 Å². The van der Waals surface area contributed by atoms with Crippen LogP contribution in [0.15, 0.2) is 76.6 Å². The zero-order valence-electron chi connectivity index (χ0n) is 20.8. The quantitative estimate of drug-likeness (QED) is 0.170. The summed E-state index contributed by atoms with van der Waals surface area (Å²) in [6.07, 6.45) is 0. The maximum Gasteiger partial charge on any atom is 2.00 e. The monoisotopic (exact) mass is 641 g/mol. The van der Waals surface area contributed by atoms with E-state index in [-0.39, 0.29) is 67.7 Å². The molecule has 0 bridgehead atoms. The number of halogens is 1. The van der Waals surface area contributed by atoms with E-state index >= 15 is 0 Å². The Labute approximate surface area is 274 Å². The van der Waals surface area contributed by atoms with Crippen LogP contribution in [0.25, 0.3) is 16.2 Å². The molecule has 0 spiro atoms. The molecule has 2 atom stereocenters. The molecule has 0 saturated carbocycles. The summed E-state index contributed by atoms with van der Waals surface area (Å²) in [5, 5.41) is 31.0. The van der Waals surface area contributed by atoms with Gasteiger partial charge in [-0.3, -0.25) is 4.52 Å². The van der Waals surface area contributed by atoms with Crippen molar-refractivity contribution in [3.63, 3.8) is 0 Å². The molecule has 0 aromatic heterocycles. The van der Waals surface area contributed by atoms with Crippen molar-refractivity contribution in [3.05, 3.63) is 103 Å². The van der Waals surface area contributed by atoms with Crippen molar-refractivity contribution in [2.24, 2.45) is 5.73 Å².